The molecule has 0 bridgehead atoms. The van der Waals surface area contributed by atoms with E-state index >= 15 is 0 Å². The van der Waals surface area contributed by atoms with Crippen molar-refractivity contribution in [1.82, 2.24) is 4.90 Å². The first-order valence-corrected chi connectivity index (χ1v) is 12.0. The zero-order valence-electron chi connectivity index (χ0n) is 18.5. The van der Waals surface area contributed by atoms with E-state index in [1.807, 2.05) is 12.1 Å². The fourth-order valence-electron chi connectivity index (χ4n) is 3.29. The number of rotatable bonds is 8. The molecule has 0 spiro atoms. The molecule has 1 fully saturated rings. The first kappa shape index (κ1) is 24.9. The maximum atomic E-state index is 12.8. The SMILES string of the molecule is COc1cc(/C=C2/SC(=O)N(CC(=O)c3ccc(Cl)cc3)C2=O)ccc1OCc1ccc(Cl)cc1. The van der Waals surface area contributed by atoms with Crippen molar-refractivity contribution in [1.29, 1.82) is 0 Å². The quantitative estimate of drug-likeness (QED) is 0.246. The number of halogens is 2. The van der Waals surface area contributed by atoms with Crippen LogP contribution in [0.15, 0.2) is 71.6 Å². The molecule has 1 aliphatic rings. The third kappa shape index (κ3) is 6.06. The van der Waals surface area contributed by atoms with Gasteiger partial charge in [0.25, 0.3) is 11.1 Å². The Morgan fingerprint density at radius 1 is 0.943 bits per heavy atom. The molecule has 35 heavy (non-hydrogen) atoms. The lowest BCUT2D eigenvalue weighted by atomic mass is 10.1. The number of benzene rings is 3. The van der Waals surface area contributed by atoms with Crippen molar-refractivity contribution in [3.8, 4) is 11.5 Å². The molecule has 2 amide bonds. The van der Waals surface area contributed by atoms with E-state index in [9.17, 15) is 14.4 Å². The fourth-order valence-corrected chi connectivity index (χ4v) is 4.38. The van der Waals surface area contributed by atoms with Crippen LogP contribution in [0.4, 0.5) is 4.79 Å². The Hall–Kier alpha value is -3.26. The lowest BCUT2D eigenvalue weighted by molar-refractivity contribution is -0.122. The molecule has 178 valence electrons. The highest BCUT2D eigenvalue weighted by atomic mass is 35.5. The van der Waals surface area contributed by atoms with Gasteiger partial charge in [-0.3, -0.25) is 19.3 Å². The van der Waals surface area contributed by atoms with E-state index in [1.165, 1.54) is 7.11 Å². The number of amides is 2. The number of Topliss-reactive ketones (excluding diaryl/α,β-unsaturated/α-hetero) is 1. The number of methoxy groups -OCH3 is 1. The van der Waals surface area contributed by atoms with Gasteiger partial charge in [-0.1, -0.05) is 41.4 Å². The van der Waals surface area contributed by atoms with Crippen LogP contribution >= 0.6 is 35.0 Å². The molecule has 1 heterocycles. The van der Waals surface area contributed by atoms with E-state index in [-0.39, 0.29) is 17.2 Å². The lowest BCUT2D eigenvalue weighted by Crippen LogP contribution is -2.33. The van der Waals surface area contributed by atoms with Gasteiger partial charge in [0, 0.05) is 15.6 Å². The lowest BCUT2D eigenvalue weighted by Gasteiger charge is -2.12. The Balaban J connectivity index is 1.46. The van der Waals surface area contributed by atoms with Gasteiger partial charge >= 0.3 is 0 Å². The van der Waals surface area contributed by atoms with Crippen LogP contribution in [0.5, 0.6) is 11.5 Å². The Morgan fingerprint density at radius 2 is 1.60 bits per heavy atom. The zero-order chi connectivity index (χ0) is 24.9. The molecule has 0 N–H and O–H groups in total. The summed E-state index contributed by atoms with van der Waals surface area (Å²) in [5.74, 6) is 0.129. The van der Waals surface area contributed by atoms with Gasteiger partial charge in [-0.15, -0.1) is 0 Å². The minimum atomic E-state index is -0.524. The number of nitrogens with zero attached hydrogens (tertiary/aromatic N) is 1. The van der Waals surface area contributed by atoms with E-state index in [2.05, 4.69) is 0 Å². The molecule has 3 aromatic rings. The van der Waals surface area contributed by atoms with Crippen molar-refractivity contribution in [2.75, 3.05) is 13.7 Å². The van der Waals surface area contributed by atoms with E-state index in [0.717, 1.165) is 22.2 Å². The number of carbonyl (C=O) groups excluding carboxylic acids is 3. The highest BCUT2D eigenvalue weighted by molar-refractivity contribution is 8.18. The van der Waals surface area contributed by atoms with Crippen LogP contribution in [0.2, 0.25) is 10.0 Å². The Labute approximate surface area is 216 Å². The number of ether oxygens (including phenoxy) is 2. The summed E-state index contributed by atoms with van der Waals surface area (Å²) in [4.78, 5) is 38.9. The summed E-state index contributed by atoms with van der Waals surface area (Å²) in [5.41, 5.74) is 1.97. The number of ketones is 1. The van der Waals surface area contributed by atoms with Gasteiger partial charge < -0.3 is 9.47 Å². The minimum Gasteiger partial charge on any atom is -0.493 e. The third-order valence-corrected chi connectivity index (χ3v) is 6.55. The van der Waals surface area contributed by atoms with Crippen LogP contribution in [0.25, 0.3) is 6.08 Å². The van der Waals surface area contributed by atoms with Gasteiger partial charge in [0.15, 0.2) is 17.3 Å². The average molecular weight is 528 g/mol. The van der Waals surface area contributed by atoms with Crippen LogP contribution in [-0.4, -0.2) is 35.5 Å². The summed E-state index contributed by atoms with van der Waals surface area (Å²) >= 11 is 12.5. The Kier molecular flexibility index (Phi) is 7.80. The molecule has 1 saturated heterocycles. The molecule has 0 aromatic heterocycles. The topological polar surface area (TPSA) is 72.9 Å². The second-order valence-corrected chi connectivity index (χ2v) is 9.39. The molecule has 1 aliphatic heterocycles. The highest BCUT2D eigenvalue weighted by Gasteiger charge is 2.36. The maximum absolute atomic E-state index is 12.8. The summed E-state index contributed by atoms with van der Waals surface area (Å²) in [6.45, 7) is -0.0160. The summed E-state index contributed by atoms with van der Waals surface area (Å²) in [6.07, 6.45) is 1.59. The zero-order valence-corrected chi connectivity index (χ0v) is 20.8. The molecule has 6 nitrogen and oxygen atoms in total. The van der Waals surface area contributed by atoms with Crippen molar-refractivity contribution < 1.29 is 23.9 Å². The average Bonchev–Trinajstić information content (AvgIpc) is 3.11. The third-order valence-electron chi connectivity index (χ3n) is 5.13. The molecule has 3 aromatic carbocycles. The number of imide groups is 1. The molecular weight excluding hydrogens is 509 g/mol. The van der Waals surface area contributed by atoms with Gasteiger partial charge in [-0.25, -0.2) is 0 Å². The molecule has 0 aliphatic carbocycles. The van der Waals surface area contributed by atoms with Crippen LogP contribution in [-0.2, 0) is 11.4 Å². The molecule has 0 radical (unpaired) electrons. The normalized spacial score (nSPS) is 14.5. The Bertz CT molecular complexity index is 1310. The Morgan fingerprint density at radius 3 is 2.26 bits per heavy atom. The smallest absolute Gasteiger partial charge is 0.293 e. The standard InChI is InChI=1S/C26H19Cl2NO5S/c1-33-23-12-17(4-11-22(23)34-15-16-2-7-19(27)8-3-16)13-24-25(31)29(26(32)35-24)14-21(30)18-5-9-20(28)10-6-18/h2-13H,14-15H2,1H3/b24-13+. The summed E-state index contributed by atoms with van der Waals surface area (Å²) < 4.78 is 11.3. The molecule has 9 heteroatoms. The molecule has 0 unspecified atom stereocenters. The highest BCUT2D eigenvalue weighted by Crippen LogP contribution is 2.35. The first-order chi connectivity index (χ1) is 16.8. The van der Waals surface area contributed by atoms with Gasteiger partial charge in [0.2, 0.25) is 0 Å². The molecule has 0 saturated carbocycles. The summed E-state index contributed by atoms with van der Waals surface area (Å²) in [7, 11) is 1.52. The van der Waals surface area contributed by atoms with Crippen LogP contribution in [0.1, 0.15) is 21.5 Å². The predicted molar refractivity (Wildman–Crippen MR) is 137 cm³/mol. The number of hydrogen-bond donors (Lipinski definition) is 0. The van der Waals surface area contributed by atoms with Crippen molar-refractivity contribution in [2.24, 2.45) is 0 Å². The van der Waals surface area contributed by atoms with Crippen molar-refractivity contribution >= 4 is 58.0 Å². The van der Waals surface area contributed by atoms with Crippen LogP contribution in [0.3, 0.4) is 0 Å². The van der Waals surface area contributed by atoms with Crippen LogP contribution in [0, 0.1) is 0 Å². The number of thioether (sulfide) groups is 1. The molecule has 4 rings (SSSR count). The van der Waals surface area contributed by atoms with Gasteiger partial charge in [-0.05, 0) is 77.5 Å². The van der Waals surface area contributed by atoms with Crippen molar-refractivity contribution in [3.63, 3.8) is 0 Å². The first-order valence-electron chi connectivity index (χ1n) is 10.4. The monoisotopic (exact) mass is 527 g/mol. The van der Waals surface area contributed by atoms with E-state index in [1.54, 1.807) is 60.7 Å². The van der Waals surface area contributed by atoms with E-state index < -0.39 is 11.1 Å². The summed E-state index contributed by atoms with van der Waals surface area (Å²) in [5, 5.41) is 0.639. The predicted octanol–water partition coefficient (Wildman–Crippen LogP) is 6.50. The molecule has 0 atom stereocenters. The maximum Gasteiger partial charge on any atom is 0.293 e. The second-order valence-electron chi connectivity index (χ2n) is 7.52. The number of hydrogen-bond acceptors (Lipinski definition) is 6. The van der Waals surface area contributed by atoms with Crippen molar-refractivity contribution in [2.45, 2.75) is 6.61 Å². The second kappa shape index (κ2) is 11.0. The molecular formula is C26H19Cl2NO5S. The van der Waals surface area contributed by atoms with Gasteiger partial charge in [0.1, 0.15) is 6.61 Å². The minimum absolute atomic E-state index is 0.218. The number of carbonyl (C=O) groups is 3. The van der Waals surface area contributed by atoms with E-state index in [0.29, 0.717) is 39.3 Å². The fraction of sp³-hybridized carbons (Fsp3) is 0.115. The van der Waals surface area contributed by atoms with Gasteiger partial charge in [0.05, 0.1) is 18.6 Å². The largest absolute Gasteiger partial charge is 0.493 e. The summed E-state index contributed by atoms with van der Waals surface area (Å²) in [6, 6.07) is 18.8. The van der Waals surface area contributed by atoms with E-state index in [4.69, 9.17) is 32.7 Å². The van der Waals surface area contributed by atoms with Crippen LogP contribution < -0.4 is 9.47 Å². The van der Waals surface area contributed by atoms with Crippen molar-refractivity contribution in [3.05, 3.63) is 98.4 Å². The van der Waals surface area contributed by atoms with Gasteiger partial charge in [-0.2, -0.15) is 0 Å².